The van der Waals surface area contributed by atoms with Crippen molar-refractivity contribution in [2.45, 2.75) is 18.4 Å². The van der Waals surface area contributed by atoms with Crippen molar-refractivity contribution >= 4 is 23.5 Å². The fraction of sp³-hybridized carbons (Fsp3) is 0.571. The second-order valence-corrected chi connectivity index (χ2v) is 6.38. The summed E-state index contributed by atoms with van der Waals surface area (Å²) in [5, 5.41) is 17.7. The molecule has 0 aromatic heterocycles. The summed E-state index contributed by atoms with van der Waals surface area (Å²) < 4.78 is 5.54. The van der Waals surface area contributed by atoms with Crippen LogP contribution in [0.3, 0.4) is 0 Å². The van der Waals surface area contributed by atoms with E-state index in [0.29, 0.717) is 0 Å². The van der Waals surface area contributed by atoms with Crippen LogP contribution < -0.4 is 4.74 Å². The van der Waals surface area contributed by atoms with Crippen molar-refractivity contribution in [2.24, 2.45) is 0 Å². The van der Waals surface area contributed by atoms with Gasteiger partial charge in [-0.25, -0.2) is 0 Å². The van der Waals surface area contributed by atoms with Crippen LogP contribution in [0.5, 0.6) is 5.75 Å². The van der Waals surface area contributed by atoms with Gasteiger partial charge in [0.1, 0.15) is 5.75 Å². The van der Waals surface area contributed by atoms with Crippen molar-refractivity contribution < 1.29 is 14.9 Å². The fourth-order valence-electron chi connectivity index (χ4n) is 1.90. The Balaban J connectivity index is 2.83. The summed E-state index contributed by atoms with van der Waals surface area (Å²) in [5.41, 5.74) is 3.58. The van der Waals surface area contributed by atoms with Crippen molar-refractivity contribution in [1.82, 2.24) is 0 Å². The largest absolute Gasteiger partial charge is 0.496 e. The maximum absolute atomic E-state index is 8.84. The number of rotatable bonds is 9. The van der Waals surface area contributed by atoms with Crippen molar-refractivity contribution in [1.29, 1.82) is 0 Å². The molecule has 1 aromatic carbocycles. The molecule has 0 bridgehead atoms. The molecule has 3 nitrogen and oxygen atoms in total. The molecule has 5 heteroatoms. The highest BCUT2D eigenvalue weighted by Gasteiger charge is 2.10. The van der Waals surface area contributed by atoms with Gasteiger partial charge in [-0.2, -0.15) is 23.5 Å². The predicted octanol–water partition coefficient (Wildman–Crippen LogP) is 2.45. The van der Waals surface area contributed by atoms with E-state index in [9.17, 15) is 0 Å². The van der Waals surface area contributed by atoms with Crippen molar-refractivity contribution in [3.05, 3.63) is 28.8 Å². The summed E-state index contributed by atoms with van der Waals surface area (Å²) in [4.78, 5) is 0. The average Bonchev–Trinajstić information content (AvgIpc) is 2.39. The van der Waals surface area contributed by atoms with E-state index in [1.165, 1.54) is 16.7 Å². The fourth-order valence-corrected chi connectivity index (χ4v) is 3.31. The van der Waals surface area contributed by atoms with Gasteiger partial charge >= 0.3 is 0 Å². The van der Waals surface area contributed by atoms with Gasteiger partial charge in [0, 0.05) is 34.1 Å². The van der Waals surface area contributed by atoms with Gasteiger partial charge in [-0.3, -0.25) is 0 Å². The van der Waals surface area contributed by atoms with E-state index in [0.717, 1.165) is 28.8 Å². The van der Waals surface area contributed by atoms with Crippen LogP contribution in [-0.4, -0.2) is 42.0 Å². The number of hydrogen-bond donors (Lipinski definition) is 2. The van der Waals surface area contributed by atoms with Crippen LogP contribution in [0.2, 0.25) is 0 Å². The summed E-state index contributed by atoms with van der Waals surface area (Å²) in [7, 11) is 1.70. The number of ether oxygens (including phenoxy) is 1. The molecule has 0 aliphatic carbocycles. The van der Waals surface area contributed by atoms with E-state index in [1.54, 1.807) is 30.6 Å². The molecule has 108 valence electrons. The lowest BCUT2D eigenvalue weighted by atomic mass is 10.1. The molecule has 0 fully saturated rings. The van der Waals surface area contributed by atoms with Gasteiger partial charge in [-0.15, -0.1) is 0 Å². The second-order valence-electron chi connectivity index (χ2n) is 4.17. The highest BCUT2D eigenvalue weighted by molar-refractivity contribution is 7.98. The molecule has 19 heavy (non-hydrogen) atoms. The van der Waals surface area contributed by atoms with E-state index in [-0.39, 0.29) is 13.2 Å². The zero-order chi connectivity index (χ0) is 14.1. The number of aliphatic hydroxyl groups excluding tert-OH is 2. The minimum absolute atomic E-state index is 0.206. The number of aliphatic hydroxyl groups is 2. The van der Waals surface area contributed by atoms with Gasteiger partial charge in [0.25, 0.3) is 0 Å². The number of hydrogen-bond acceptors (Lipinski definition) is 5. The zero-order valence-electron chi connectivity index (χ0n) is 11.5. The van der Waals surface area contributed by atoms with Crippen LogP contribution in [0.25, 0.3) is 0 Å². The third-order valence-corrected chi connectivity index (χ3v) is 4.55. The van der Waals surface area contributed by atoms with Crippen LogP contribution >= 0.6 is 23.5 Å². The maximum atomic E-state index is 8.84. The standard InChI is InChI=1S/C14H22O3S2/c1-11-7-12(9-18-5-3-15)14(17-2)13(8-11)10-19-6-4-16/h7-8,15-16H,3-6,9-10H2,1-2H3. The van der Waals surface area contributed by atoms with E-state index in [2.05, 4.69) is 19.1 Å². The molecule has 0 heterocycles. The Morgan fingerprint density at radius 2 is 1.47 bits per heavy atom. The molecule has 0 radical (unpaired) electrons. The highest BCUT2D eigenvalue weighted by atomic mass is 32.2. The normalized spacial score (nSPS) is 10.7. The first-order valence-corrected chi connectivity index (χ1v) is 8.57. The Hall–Kier alpha value is -0.360. The Labute approximate surface area is 123 Å². The summed E-state index contributed by atoms with van der Waals surface area (Å²) in [6.07, 6.45) is 0. The van der Waals surface area contributed by atoms with Gasteiger partial charge in [-0.1, -0.05) is 17.7 Å². The van der Waals surface area contributed by atoms with E-state index in [4.69, 9.17) is 14.9 Å². The molecule has 0 saturated carbocycles. The van der Waals surface area contributed by atoms with Crippen LogP contribution in [0, 0.1) is 6.92 Å². The Morgan fingerprint density at radius 1 is 1.00 bits per heavy atom. The van der Waals surface area contributed by atoms with Crippen LogP contribution in [0.4, 0.5) is 0 Å². The number of methoxy groups -OCH3 is 1. The SMILES string of the molecule is COc1c(CSCCO)cc(C)cc1CSCCO. The first kappa shape index (κ1) is 16.7. The van der Waals surface area contributed by atoms with Crippen molar-refractivity contribution in [2.75, 3.05) is 31.8 Å². The quantitative estimate of drug-likeness (QED) is 0.686. The van der Waals surface area contributed by atoms with Gasteiger partial charge < -0.3 is 14.9 Å². The van der Waals surface area contributed by atoms with Gasteiger partial charge in [0.2, 0.25) is 0 Å². The number of aryl methyl sites for hydroxylation is 1. The lowest BCUT2D eigenvalue weighted by Gasteiger charge is -2.15. The predicted molar refractivity (Wildman–Crippen MR) is 84.2 cm³/mol. The molecule has 2 N–H and O–H groups in total. The van der Waals surface area contributed by atoms with Crippen LogP contribution in [0.15, 0.2) is 12.1 Å². The Kier molecular flexibility index (Phi) is 8.37. The highest BCUT2D eigenvalue weighted by Crippen LogP contribution is 2.31. The van der Waals surface area contributed by atoms with Crippen molar-refractivity contribution in [3.8, 4) is 5.75 Å². The smallest absolute Gasteiger partial charge is 0.126 e. The Bertz CT molecular complexity index is 352. The molecule has 0 amide bonds. The summed E-state index contributed by atoms with van der Waals surface area (Å²) in [6, 6.07) is 4.28. The number of thioether (sulfide) groups is 2. The Morgan fingerprint density at radius 3 is 1.84 bits per heavy atom. The average molecular weight is 302 g/mol. The van der Waals surface area contributed by atoms with E-state index in [1.807, 2.05) is 0 Å². The molecule has 0 unspecified atom stereocenters. The molecule has 0 spiro atoms. The van der Waals surface area contributed by atoms with Gasteiger partial charge in [-0.05, 0) is 6.92 Å². The molecule has 0 aliphatic rings. The number of benzene rings is 1. The van der Waals surface area contributed by atoms with E-state index < -0.39 is 0 Å². The molecular formula is C14H22O3S2. The minimum Gasteiger partial charge on any atom is -0.496 e. The first-order chi connectivity index (χ1) is 9.22. The molecule has 0 atom stereocenters. The van der Waals surface area contributed by atoms with Crippen molar-refractivity contribution in [3.63, 3.8) is 0 Å². The molecule has 1 rings (SSSR count). The van der Waals surface area contributed by atoms with Crippen LogP contribution in [-0.2, 0) is 11.5 Å². The summed E-state index contributed by atoms with van der Waals surface area (Å²) in [5.74, 6) is 4.13. The lowest BCUT2D eigenvalue weighted by Crippen LogP contribution is -1.99. The monoisotopic (exact) mass is 302 g/mol. The zero-order valence-corrected chi connectivity index (χ0v) is 13.1. The molecule has 0 aliphatic heterocycles. The minimum atomic E-state index is 0.206. The lowest BCUT2D eigenvalue weighted by molar-refractivity contribution is 0.322. The third-order valence-electron chi connectivity index (χ3n) is 2.58. The first-order valence-electron chi connectivity index (χ1n) is 6.26. The van der Waals surface area contributed by atoms with E-state index >= 15 is 0 Å². The van der Waals surface area contributed by atoms with Crippen LogP contribution in [0.1, 0.15) is 16.7 Å². The summed E-state index contributed by atoms with van der Waals surface area (Å²) >= 11 is 3.41. The second kappa shape index (κ2) is 9.53. The third kappa shape index (κ3) is 5.65. The van der Waals surface area contributed by atoms with Gasteiger partial charge in [0.05, 0.1) is 20.3 Å². The molecular weight excluding hydrogens is 280 g/mol. The topological polar surface area (TPSA) is 49.7 Å². The van der Waals surface area contributed by atoms with Gasteiger partial charge in [0.15, 0.2) is 0 Å². The summed E-state index contributed by atoms with van der Waals surface area (Å²) in [6.45, 7) is 2.50. The molecule has 0 saturated heterocycles. The molecule has 1 aromatic rings. The maximum Gasteiger partial charge on any atom is 0.126 e.